The summed E-state index contributed by atoms with van der Waals surface area (Å²) < 4.78 is 22.6. The highest BCUT2D eigenvalue weighted by atomic mass is 16.6. The van der Waals surface area contributed by atoms with E-state index in [9.17, 15) is 4.79 Å². The second kappa shape index (κ2) is 13.0. The maximum absolute atomic E-state index is 12.0. The number of ether oxygens (including phenoxy) is 4. The number of fused-ring (bicyclic) bond motifs is 1. The number of methoxy groups -OCH3 is 1. The molecular formula is C30H36N2O5. The van der Waals surface area contributed by atoms with E-state index in [-0.39, 0.29) is 12.2 Å². The molecule has 3 aromatic rings. The molecule has 1 aliphatic heterocycles. The Morgan fingerprint density at radius 3 is 2.59 bits per heavy atom. The average molecular weight is 505 g/mol. The molecule has 2 unspecified atom stereocenters. The molecule has 37 heavy (non-hydrogen) atoms. The third-order valence-electron chi connectivity index (χ3n) is 6.33. The lowest BCUT2D eigenvalue weighted by atomic mass is 10.1. The lowest BCUT2D eigenvalue weighted by Crippen LogP contribution is -2.44. The number of nitrogens with zero attached hydrogens (tertiary/aromatic N) is 1. The van der Waals surface area contributed by atoms with E-state index in [2.05, 4.69) is 35.3 Å². The quantitative estimate of drug-likeness (QED) is 0.330. The van der Waals surface area contributed by atoms with Gasteiger partial charge in [-0.25, -0.2) is 4.79 Å². The summed E-state index contributed by atoms with van der Waals surface area (Å²) in [5, 5.41) is 3.46. The van der Waals surface area contributed by atoms with Crippen molar-refractivity contribution in [2.45, 2.75) is 45.6 Å². The summed E-state index contributed by atoms with van der Waals surface area (Å²) in [5.74, 6) is 1.39. The minimum Gasteiger partial charge on any atom is -0.490 e. The molecule has 0 aromatic heterocycles. The Balaban J connectivity index is 1.34. The number of carbonyl (C=O) groups is 1. The molecule has 7 nitrogen and oxygen atoms in total. The van der Waals surface area contributed by atoms with Crippen molar-refractivity contribution in [3.63, 3.8) is 0 Å². The minimum absolute atomic E-state index is 0.0673. The van der Waals surface area contributed by atoms with Crippen molar-refractivity contribution in [1.82, 2.24) is 0 Å². The van der Waals surface area contributed by atoms with Gasteiger partial charge in [0.05, 0.1) is 19.3 Å². The Morgan fingerprint density at radius 1 is 1.03 bits per heavy atom. The third-order valence-corrected chi connectivity index (χ3v) is 6.33. The lowest BCUT2D eigenvalue weighted by Gasteiger charge is -2.37. The van der Waals surface area contributed by atoms with Gasteiger partial charge < -0.3 is 29.2 Å². The Bertz CT molecular complexity index is 1150. The SMILES string of the molecule is CCOC(Cc1cccc(NCc2ccc(OC(CC)N3CCOc4ccccc43)cc2)c1)C(=O)OC. The van der Waals surface area contributed by atoms with Crippen LogP contribution in [0.25, 0.3) is 0 Å². The van der Waals surface area contributed by atoms with Crippen LogP contribution < -0.4 is 19.7 Å². The fraction of sp³-hybridized carbons (Fsp3) is 0.367. The number of rotatable bonds is 12. The molecule has 0 spiro atoms. The topological polar surface area (TPSA) is 69.3 Å². The normalized spacial score (nSPS) is 14.2. The molecule has 0 fully saturated rings. The maximum atomic E-state index is 12.0. The van der Waals surface area contributed by atoms with Gasteiger partial charge in [0.15, 0.2) is 12.3 Å². The van der Waals surface area contributed by atoms with Crippen molar-refractivity contribution >= 4 is 17.3 Å². The molecule has 1 N–H and O–H groups in total. The first-order valence-electron chi connectivity index (χ1n) is 12.9. The molecule has 2 atom stereocenters. The number of hydrogen-bond donors (Lipinski definition) is 1. The first-order chi connectivity index (χ1) is 18.1. The van der Waals surface area contributed by atoms with Gasteiger partial charge in [0, 0.05) is 31.7 Å². The van der Waals surface area contributed by atoms with Gasteiger partial charge in [-0.2, -0.15) is 0 Å². The third kappa shape index (κ3) is 6.95. The zero-order valence-corrected chi connectivity index (χ0v) is 21.8. The molecule has 3 aromatic carbocycles. The van der Waals surface area contributed by atoms with Gasteiger partial charge >= 0.3 is 5.97 Å². The van der Waals surface area contributed by atoms with E-state index in [0.29, 0.717) is 26.2 Å². The summed E-state index contributed by atoms with van der Waals surface area (Å²) >= 11 is 0. The molecule has 0 bridgehead atoms. The van der Waals surface area contributed by atoms with Crippen LogP contribution in [0.15, 0.2) is 72.8 Å². The minimum atomic E-state index is -0.601. The van der Waals surface area contributed by atoms with Crippen LogP contribution in [0, 0.1) is 0 Å². The van der Waals surface area contributed by atoms with E-state index in [1.165, 1.54) is 7.11 Å². The van der Waals surface area contributed by atoms with Gasteiger partial charge in [-0.3, -0.25) is 0 Å². The monoisotopic (exact) mass is 504 g/mol. The summed E-state index contributed by atoms with van der Waals surface area (Å²) in [5.41, 5.74) is 4.20. The molecule has 4 rings (SSSR count). The maximum Gasteiger partial charge on any atom is 0.335 e. The van der Waals surface area contributed by atoms with Gasteiger partial charge in [0.25, 0.3) is 0 Å². The van der Waals surface area contributed by atoms with Gasteiger partial charge in [0.1, 0.15) is 18.1 Å². The van der Waals surface area contributed by atoms with E-state index < -0.39 is 6.10 Å². The number of nitrogens with one attached hydrogen (secondary N) is 1. The van der Waals surface area contributed by atoms with Crippen LogP contribution in [0.2, 0.25) is 0 Å². The van der Waals surface area contributed by atoms with Crippen LogP contribution >= 0.6 is 0 Å². The highest BCUT2D eigenvalue weighted by Gasteiger charge is 2.25. The number of para-hydroxylation sites is 2. The molecule has 1 heterocycles. The molecule has 0 saturated heterocycles. The van der Waals surface area contributed by atoms with Crippen molar-refractivity contribution in [3.05, 3.63) is 83.9 Å². The number of anilines is 2. The van der Waals surface area contributed by atoms with Crippen molar-refractivity contribution in [3.8, 4) is 11.5 Å². The van der Waals surface area contributed by atoms with Gasteiger partial charge in [0.2, 0.25) is 0 Å². The highest BCUT2D eigenvalue weighted by Crippen LogP contribution is 2.33. The highest BCUT2D eigenvalue weighted by molar-refractivity contribution is 5.75. The summed E-state index contributed by atoms with van der Waals surface area (Å²) in [4.78, 5) is 14.3. The number of benzene rings is 3. The Kier molecular flexibility index (Phi) is 9.27. The van der Waals surface area contributed by atoms with E-state index >= 15 is 0 Å². The molecule has 0 aliphatic carbocycles. The van der Waals surface area contributed by atoms with Gasteiger partial charge in [-0.15, -0.1) is 0 Å². The molecule has 196 valence electrons. The summed E-state index contributed by atoms with van der Waals surface area (Å²) in [6.07, 6.45) is 0.653. The van der Waals surface area contributed by atoms with Crippen molar-refractivity contribution in [2.24, 2.45) is 0 Å². The first kappa shape index (κ1) is 26.4. The zero-order valence-electron chi connectivity index (χ0n) is 21.8. The van der Waals surface area contributed by atoms with Crippen LogP contribution in [-0.4, -0.2) is 45.2 Å². The molecule has 0 radical (unpaired) electrons. The Hall–Kier alpha value is -3.71. The molecule has 7 heteroatoms. The fourth-order valence-electron chi connectivity index (χ4n) is 4.47. The number of esters is 1. The molecule has 0 amide bonds. The van der Waals surface area contributed by atoms with Crippen LogP contribution in [-0.2, 0) is 27.2 Å². The summed E-state index contributed by atoms with van der Waals surface area (Å²) in [7, 11) is 1.38. The molecule has 0 saturated carbocycles. The van der Waals surface area contributed by atoms with E-state index in [1.54, 1.807) is 0 Å². The molecular weight excluding hydrogens is 468 g/mol. The number of carbonyl (C=O) groups excluding carboxylic acids is 1. The van der Waals surface area contributed by atoms with E-state index in [1.807, 2.05) is 61.5 Å². The fourth-order valence-corrected chi connectivity index (χ4v) is 4.47. The Labute approximate surface area is 219 Å². The van der Waals surface area contributed by atoms with Crippen LogP contribution in [0.4, 0.5) is 11.4 Å². The first-order valence-corrected chi connectivity index (χ1v) is 12.9. The van der Waals surface area contributed by atoms with Crippen LogP contribution in [0.1, 0.15) is 31.4 Å². The van der Waals surface area contributed by atoms with Crippen molar-refractivity contribution < 1.29 is 23.7 Å². The second-order valence-electron chi connectivity index (χ2n) is 8.86. The smallest absolute Gasteiger partial charge is 0.335 e. The summed E-state index contributed by atoms with van der Waals surface area (Å²) in [6.45, 7) is 6.57. The van der Waals surface area contributed by atoms with Gasteiger partial charge in [-0.1, -0.05) is 43.3 Å². The second-order valence-corrected chi connectivity index (χ2v) is 8.86. The Morgan fingerprint density at radius 2 is 1.84 bits per heavy atom. The number of hydrogen-bond acceptors (Lipinski definition) is 7. The van der Waals surface area contributed by atoms with E-state index in [0.717, 1.165) is 47.0 Å². The lowest BCUT2D eigenvalue weighted by molar-refractivity contribution is -0.153. The largest absolute Gasteiger partial charge is 0.490 e. The van der Waals surface area contributed by atoms with Gasteiger partial charge in [-0.05, 0) is 54.4 Å². The molecule has 1 aliphatic rings. The van der Waals surface area contributed by atoms with Crippen LogP contribution in [0.5, 0.6) is 11.5 Å². The average Bonchev–Trinajstić information content (AvgIpc) is 2.95. The predicted molar refractivity (Wildman–Crippen MR) is 145 cm³/mol. The van der Waals surface area contributed by atoms with Crippen molar-refractivity contribution in [2.75, 3.05) is 37.1 Å². The van der Waals surface area contributed by atoms with Crippen molar-refractivity contribution in [1.29, 1.82) is 0 Å². The predicted octanol–water partition coefficient (Wildman–Crippen LogP) is 5.43. The van der Waals surface area contributed by atoms with Crippen LogP contribution in [0.3, 0.4) is 0 Å². The van der Waals surface area contributed by atoms with E-state index in [4.69, 9.17) is 18.9 Å². The standard InChI is InChI=1S/C30H36N2O5/c1-4-29(32-17-18-36-27-12-7-6-11-26(27)32)37-25-15-13-22(14-16-25)21-31-24-10-8-9-23(19-24)20-28(35-5-2)30(33)34-3/h6-16,19,28-29,31H,4-5,17-18,20-21H2,1-3H3. The zero-order chi connectivity index (χ0) is 26.0. The summed E-state index contributed by atoms with van der Waals surface area (Å²) in [6, 6.07) is 24.3.